The lowest BCUT2D eigenvalue weighted by atomic mass is 9.70. The van der Waals surface area contributed by atoms with Crippen LogP contribution in [0.4, 0.5) is 17.1 Å². The van der Waals surface area contributed by atoms with Crippen molar-refractivity contribution in [2.45, 2.75) is 5.41 Å². The minimum atomic E-state index is -0.478. The largest absolute Gasteiger partial charge is 0.455 e. The summed E-state index contributed by atoms with van der Waals surface area (Å²) in [6.45, 7) is 0. The second-order valence-electron chi connectivity index (χ2n) is 17.9. The van der Waals surface area contributed by atoms with E-state index in [0.717, 1.165) is 49.8 Å². The highest BCUT2D eigenvalue weighted by Gasteiger charge is 2.52. The molecule has 0 amide bonds. The van der Waals surface area contributed by atoms with Crippen LogP contribution in [0, 0.1) is 0 Å². The van der Waals surface area contributed by atoms with Crippen LogP contribution in [0.15, 0.2) is 253 Å². The number of nitrogens with zero attached hydrogens (tertiary/aromatic N) is 1. The van der Waals surface area contributed by atoms with Crippen molar-refractivity contribution < 1.29 is 4.42 Å². The van der Waals surface area contributed by atoms with E-state index in [4.69, 9.17) is 4.42 Å². The fourth-order valence-electron chi connectivity index (χ4n) is 11.7. The fourth-order valence-corrected chi connectivity index (χ4v) is 11.7. The van der Waals surface area contributed by atoms with Crippen LogP contribution in [0.3, 0.4) is 0 Å². The van der Waals surface area contributed by atoms with Crippen LogP contribution in [-0.2, 0) is 5.41 Å². The van der Waals surface area contributed by atoms with Crippen LogP contribution < -0.4 is 4.90 Å². The smallest absolute Gasteiger partial charge is 0.143 e. The Morgan fingerprint density at radius 1 is 0.313 bits per heavy atom. The number of fused-ring (bicyclic) bond motifs is 15. The van der Waals surface area contributed by atoms with Gasteiger partial charge in [0.05, 0.1) is 22.2 Å². The summed E-state index contributed by atoms with van der Waals surface area (Å²) in [5.41, 5.74) is 22.0. The Morgan fingerprint density at radius 3 is 1.54 bits per heavy atom. The molecule has 2 heteroatoms. The normalized spacial score (nSPS) is 12.9. The van der Waals surface area contributed by atoms with Gasteiger partial charge in [-0.25, -0.2) is 0 Å². The second-order valence-corrected chi connectivity index (χ2v) is 17.9. The lowest BCUT2D eigenvalue weighted by Crippen LogP contribution is -2.26. The van der Waals surface area contributed by atoms with Gasteiger partial charge in [-0.2, -0.15) is 0 Å². The molecule has 11 aromatic carbocycles. The minimum absolute atomic E-state index is 0.478. The van der Waals surface area contributed by atoms with Gasteiger partial charge in [-0.05, 0) is 120 Å². The molecule has 0 aliphatic heterocycles. The molecule has 0 unspecified atom stereocenters. The molecule has 0 radical (unpaired) electrons. The first-order valence-corrected chi connectivity index (χ1v) is 23.2. The van der Waals surface area contributed by atoms with E-state index < -0.39 is 5.41 Å². The first kappa shape index (κ1) is 37.6. The molecule has 2 aliphatic carbocycles. The maximum Gasteiger partial charge on any atom is 0.143 e. The van der Waals surface area contributed by atoms with E-state index in [0.29, 0.717) is 0 Å². The standard InChI is InChI=1S/C65H41NO/c1-3-18-42(19-4-1)44-36-38-47(39-37-44)66(59-33-16-32-58-62(59)52-28-11-14-31-57(52)65(58)55-29-12-9-25-49(55)50-26-10-13-30-56(50)65)60-34-17-35-61-63(60)54-41-53(48-24-7-8-27-51(48)64(54)67-61)46-23-15-22-45(40-46)43-20-5-2-6-21-43/h1-41H. The van der Waals surface area contributed by atoms with E-state index in [2.05, 4.69) is 254 Å². The van der Waals surface area contributed by atoms with Gasteiger partial charge in [-0.15, -0.1) is 0 Å². The van der Waals surface area contributed by atoms with Gasteiger partial charge in [0, 0.05) is 22.0 Å². The zero-order chi connectivity index (χ0) is 44.1. The summed E-state index contributed by atoms with van der Waals surface area (Å²) in [6.07, 6.45) is 0. The Labute approximate surface area is 389 Å². The number of rotatable bonds is 6. The summed E-state index contributed by atoms with van der Waals surface area (Å²) < 4.78 is 7.07. The molecule has 1 spiro atoms. The molecule has 0 bridgehead atoms. The number of benzene rings is 11. The van der Waals surface area contributed by atoms with E-state index in [1.807, 2.05) is 0 Å². The second kappa shape index (κ2) is 14.7. The number of hydrogen-bond donors (Lipinski definition) is 0. The lowest BCUT2D eigenvalue weighted by Gasteiger charge is -2.32. The number of hydrogen-bond acceptors (Lipinski definition) is 2. The van der Waals surface area contributed by atoms with Gasteiger partial charge < -0.3 is 9.32 Å². The zero-order valence-corrected chi connectivity index (χ0v) is 36.5. The Bertz CT molecular complexity index is 3870. The van der Waals surface area contributed by atoms with Crippen molar-refractivity contribution in [1.29, 1.82) is 0 Å². The predicted octanol–water partition coefficient (Wildman–Crippen LogP) is 17.6. The highest BCUT2D eigenvalue weighted by Crippen LogP contribution is 2.65. The van der Waals surface area contributed by atoms with Crippen molar-refractivity contribution in [3.05, 3.63) is 271 Å². The third-order valence-corrected chi connectivity index (χ3v) is 14.5. The lowest BCUT2D eigenvalue weighted by molar-refractivity contribution is 0.672. The Kier molecular flexibility index (Phi) is 8.23. The maximum atomic E-state index is 7.07. The van der Waals surface area contributed by atoms with Crippen molar-refractivity contribution in [2.24, 2.45) is 0 Å². The molecule has 0 fully saturated rings. The van der Waals surface area contributed by atoms with Gasteiger partial charge in [-0.3, -0.25) is 0 Å². The van der Waals surface area contributed by atoms with Gasteiger partial charge in [0.15, 0.2) is 0 Å². The number of anilines is 3. The molecule has 1 heterocycles. The zero-order valence-electron chi connectivity index (χ0n) is 36.5. The summed E-state index contributed by atoms with van der Waals surface area (Å²) in [5, 5.41) is 4.41. The third-order valence-electron chi connectivity index (χ3n) is 14.5. The SMILES string of the molecule is c1ccc(-c2ccc(N(c3cccc4c3-c3ccccc3C43c4ccccc4-c4ccccc43)c3cccc4oc5c6ccccc6c(-c6cccc(-c7ccccc7)c6)cc5c34)cc2)cc1. The van der Waals surface area contributed by atoms with E-state index in [-0.39, 0.29) is 0 Å². The summed E-state index contributed by atoms with van der Waals surface area (Å²) in [5.74, 6) is 0. The van der Waals surface area contributed by atoms with Crippen LogP contribution in [-0.4, -0.2) is 0 Å². The summed E-state index contributed by atoms with van der Waals surface area (Å²) in [6, 6.07) is 91.2. The van der Waals surface area contributed by atoms with E-state index in [9.17, 15) is 0 Å². The van der Waals surface area contributed by atoms with Gasteiger partial charge in [0.25, 0.3) is 0 Å². The average Bonchev–Trinajstić information content (AvgIpc) is 4.04. The minimum Gasteiger partial charge on any atom is -0.455 e. The molecular formula is C65H41NO. The Morgan fingerprint density at radius 2 is 0.821 bits per heavy atom. The molecule has 0 saturated carbocycles. The Hall–Kier alpha value is -8.72. The maximum absolute atomic E-state index is 7.07. The Balaban J connectivity index is 1.06. The highest BCUT2D eigenvalue weighted by atomic mass is 16.3. The monoisotopic (exact) mass is 851 g/mol. The van der Waals surface area contributed by atoms with Crippen molar-refractivity contribution in [3.63, 3.8) is 0 Å². The first-order valence-electron chi connectivity index (χ1n) is 23.2. The van der Waals surface area contributed by atoms with Gasteiger partial charge >= 0.3 is 0 Å². The molecule has 2 nitrogen and oxygen atoms in total. The van der Waals surface area contributed by atoms with Crippen LogP contribution in [0.25, 0.3) is 88.3 Å². The number of furan rings is 1. The fraction of sp³-hybridized carbons (Fsp3) is 0.0154. The van der Waals surface area contributed by atoms with Gasteiger partial charge in [-0.1, -0.05) is 206 Å². The van der Waals surface area contributed by atoms with Gasteiger partial charge in [0.1, 0.15) is 11.2 Å². The summed E-state index contributed by atoms with van der Waals surface area (Å²) >= 11 is 0. The van der Waals surface area contributed by atoms with Crippen LogP contribution in [0.1, 0.15) is 22.3 Å². The van der Waals surface area contributed by atoms with Crippen molar-refractivity contribution >= 4 is 49.8 Å². The predicted molar refractivity (Wildman–Crippen MR) is 279 cm³/mol. The summed E-state index contributed by atoms with van der Waals surface area (Å²) in [4.78, 5) is 2.50. The average molecular weight is 852 g/mol. The third kappa shape index (κ3) is 5.45. The molecule has 0 N–H and O–H groups in total. The van der Waals surface area contributed by atoms with Crippen LogP contribution in [0.5, 0.6) is 0 Å². The van der Waals surface area contributed by atoms with Crippen LogP contribution >= 0.6 is 0 Å². The molecule has 0 atom stereocenters. The molecular weight excluding hydrogens is 811 g/mol. The van der Waals surface area contributed by atoms with E-state index in [1.165, 1.54) is 77.9 Å². The molecule has 2 aliphatic rings. The van der Waals surface area contributed by atoms with Gasteiger partial charge in [0.2, 0.25) is 0 Å². The highest BCUT2D eigenvalue weighted by molar-refractivity contribution is 6.23. The van der Waals surface area contributed by atoms with Crippen LogP contribution in [0.2, 0.25) is 0 Å². The topological polar surface area (TPSA) is 16.4 Å². The summed E-state index contributed by atoms with van der Waals surface area (Å²) in [7, 11) is 0. The van der Waals surface area contributed by atoms with E-state index >= 15 is 0 Å². The molecule has 312 valence electrons. The van der Waals surface area contributed by atoms with E-state index in [1.54, 1.807) is 0 Å². The van der Waals surface area contributed by atoms with Crippen molar-refractivity contribution in [3.8, 4) is 55.6 Å². The molecule has 0 saturated heterocycles. The molecule has 12 aromatic rings. The van der Waals surface area contributed by atoms with Crippen molar-refractivity contribution in [1.82, 2.24) is 0 Å². The molecule has 67 heavy (non-hydrogen) atoms. The van der Waals surface area contributed by atoms with Crippen molar-refractivity contribution in [2.75, 3.05) is 4.90 Å². The molecule has 14 rings (SSSR count). The quantitative estimate of drug-likeness (QED) is 0.166. The molecule has 1 aromatic heterocycles. The first-order chi connectivity index (χ1) is 33.3.